The molecule has 0 amide bonds. The molecule has 0 rings (SSSR count). The van der Waals surface area contributed by atoms with Crippen molar-refractivity contribution in [2.45, 2.75) is 31.8 Å². The maximum Gasteiger partial charge on any atom is 0.235 e. The number of aliphatic imine (C=N–C) groups is 3. The van der Waals surface area contributed by atoms with Gasteiger partial charge < -0.3 is 0 Å². The van der Waals surface area contributed by atoms with E-state index in [9.17, 15) is 14.4 Å². The minimum absolute atomic E-state index is 0.0193. The Bertz CT molecular complexity index is 323. The van der Waals surface area contributed by atoms with Gasteiger partial charge in [0.25, 0.3) is 0 Å². The Labute approximate surface area is 86.8 Å². The summed E-state index contributed by atoms with van der Waals surface area (Å²) in [5.41, 5.74) is 0. The van der Waals surface area contributed by atoms with Crippen LogP contribution in [0.25, 0.3) is 0 Å². The summed E-state index contributed by atoms with van der Waals surface area (Å²) >= 11 is 0. The van der Waals surface area contributed by atoms with Crippen LogP contribution < -0.4 is 0 Å². The van der Waals surface area contributed by atoms with Crippen LogP contribution in [-0.2, 0) is 14.4 Å². The molecule has 0 bridgehead atoms. The SMILES string of the molecule is CCCC(N=C=O)C(CN=C=O)N=C=O. The molecule has 0 radical (unpaired) electrons. The number of nitrogens with zero attached hydrogens (tertiary/aromatic N) is 3. The minimum Gasteiger partial charge on any atom is -0.211 e. The molecule has 2 unspecified atom stereocenters. The van der Waals surface area contributed by atoms with Crippen LogP contribution >= 0.6 is 0 Å². The summed E-state index contributed by atoms with van der Waals surface area (Å²) in [7, 11) is 0. The lowest BCUT2D eigenvalue weighted by Gasteiger charge is -2.14. The molecule has 0 saturated heterocycles. The van der Waals surface area contributed by atoms with E-state index in [4.69, 9.17) is 0 Å². The highest BCUT2D eigenvalue weighted by molar-refractivity contribution is 5.37. The monoisotopic (exact) mass is 209 g/mol. The molecule has 15 heavy (non-hydrogen) atoms. The summed E-state index contributed by atoms with van der Waals surface area (Å²) in [6, 6.07) is -1.11. The van der Waals surface area contributed by atoms with E-state index in [2.05, 4.69) is 15.0 Å². The first-order chi connectivity index (χ1) is 7.29. The average molecular weight is 209 g/mol. The number of rotatable bonds is 7. The van der Waals surface area contributed by atoms with E-state index in [1.165, 1.54) is 18.2 Å². The van der Waals surface area contributed by atoms with Gasteiger partial charge >= 0.3 is 0 Å². The highest BCUT2D eigenvalue weighted by Crippen LogP contribution is 2.10. The second kappa shape index (κ2) is 8.73. The second-order valence-corrected chi connectivity index (χ2v) is 2.80. The van der Waals surface area contributed by atoms with E-state index < -0.39 is 12.1 Å². The van der Waals surface area contributed by atoms with Crippen molar-refractivity contribution in [2.24, 2.45) is 15.0 Å². The fourth-order valence-electron chi connectivity index (χ4n) is 1.15. The minimum atomic E-state index is -0.634. The molecule has 80 valence electrons. The smallest absolute Gasteiger partial charge is 0.211 e. The van der Waals surface area contributed by atoms with E-state index in [0.29, 0.717) is 6.42 Å². The molecule has 6 heteroatoms. The van der Waals surface area contributed by atoms with Gasteiger partial charge in [-0.3, -0.25) is 0 Å². The van der Waals surface area contributed by atoms with Crippen molar-refractivity contribution in [3.63, 3.8) is 0 Å². The van der Waals surface area contributed by atoms with Crippen molar-refractivity contribution in [2.75, 3.05) is 6.54 Å². The van der Waals surface area contributed by atoms with E-state index in [1.54, 1.807) is 0 Å². The number of hydrogen-bond donors (Lipinski definition) is 0. The largest absolute Gasteiger partial charge is 0.235 e. The molecular weight excluding hydrogens is 198 g/mol. The van der Waals surface area contributed by atoms with Gasteiger partial charge in [-0.05, 0) is 6.42 Å². The van der Waals surface area contributed by atoms with Crippen molar-refractivity contribution in [1.29, 1.82) is 0 Å². The number of isocyanates is 3. The first kappa shape index (κ1) is 13.1. The van der Waals surface area contributed by atoms with Gasteiger partial charge in [-0.2, -0.15) is 4.99 Å². The summed E-state index contributed by atoms with van der Waals surface area (Å²) in [6.07, 6.45) is 5.46. The summed E-state index contributed by atoms with van der Waals surface area (Å²) in [4.78, 5) is 40.4. The maximum atomic E-state index is 10.1. The van der Waals surface area contributed by atoms with Gasteiger partial charge in [-0.1, -0.05) is 13.3 Å². The fraction of sp³-hybridized carbons (Fsp3) is 0.667. The quantitative estimate of drug-likeness (QED) is 0.452. The van der Waals surface area contributed by atoms with Crippen LogP contribution in [0.5, 0.6) is 0 Å². The Morgan fingerprint density at radius 1 is 1.00 bits per heavy atom. The van der Waals surface area contributed by atoms with Gasteiger partial charge in [0.05, 0.1) is 12.6 Å². The summed E-state index contributed by atoms with van der Waals surface area (Å²) < 4.78 is 0. The first-order valence-corrected chi connectivity index (χ1v) is 4.47. The lowest BCUT2D eigenvalue weighted by atomic mass is 10.0. The molecule has 6 nitrogen and oxygen atoms in total. The fourth-order valence-corrected chi connectivity index (χ4v) is 1.15. The highest BCUT2D eigenvalue weighted by Gasteiger charge is 2.19. The molecule has 0 fully saturated rings. The van der Waals surface area contributed by atoms with E-state index in [0.717, 1.165) is 6.42 Å². The molecule has 0 heterocycles. The van der Waals surface area contributed by atoms with Crippen LogP contribution in [0.2, 0.25) is 0 Å². The van der Waals surface area contributed by atoms with Crippen molar-refractivity contribution in [3.8, 4) is 0 Å². The summed E-state index contributed by atoms with van der Waals surface area (Å²) in [5, 5.41) is 0. The van der Waals surface area contributed by atoms with Gasteiger partial charge in [-0.15, -0.1) is 0 Å². The molecule has 0 saturated carbocycles. The third kappa shape index (κ3) is 5.45. The van der Waals surface area contributed by atoms with Gasteiger partial charge in [0, 0.05) is 0 Å². The van der Waals surface area contributed by atoms with Crippen molar-refractivity contribution < 1.29 is 14.4 Å². The summed E-state index contributed by atoms with van der Waals surface area (Å²) in [5.74, 6) is 0. The predicted octanol–water partition coefficient (Wildman–Crippen LogP) is 0.531. The maximum absolute atomic E-state index is 10.1. The van der Waals surface area contributed by atoms with Crippen LogP contribution in [0.3, 0.4) is 0 Å². The van der Waals surface area contributed by atoms with Crippen molar-refractivity contribution in [1.82, 2.24) is 0 Å². The molecule has 2 atom stereocenters. The van der Waals surface area contributed by atoms with Crippen LogP contribution in [0.1, 0.15) is 19.8 Å². The predicted molar refractivity (Wildman–Crippen MR) is 51.7 cm³/mol. The lowest BCUT2D eigenvalue weighted by Crippen LogP contribution is -2.25. The lowest BCUT2D eigenvalue weighted by molar-refractivity contribution is 0.482. The van der Waals surface area contributed by atoms with Gasteiger partial charge in [0.1, 0.15) is 6.04 Å². The van der Waals surface area contributed by atoms with Crippen LogP contribution in [0, 0.1) is 0 Å². The van der Waals surface area contributed by atoms with E-state index >= 15 is 0 Å². The van der Waals surface area contributed by atoms with Crippen molar-refractivity contribution >= 4 is 18.2 Å². The zero-order chi connectivity index (χ0) is 11.5. The van der Waals surface area contributed by atoms with E-state index in [1.807, 2.05) is 6.92 Å². The van der Waals surface area contributed by atoms with Crippen LogP contribution in [0.4, 0.5) is 0 Å². The Hall–Kier alpha value is -1.86. The molecular formula is C9H11N3O3. The zero-order valence-electron chi connectivity index (χ0n) is 8.34. The molecule has 0 aliphatic heterocycles. The Balaban J connectivity index is 4.71. The average Bonchev–Trinajstić information content (AvgIpc) is 2.24. The number of hydrogen-bond acceptors (Lipinski definition) is 6. The molecule has 0 aromatic rings. The van der Waals surface area contributed by atoms with Gasteiger partial charge in [0.2, 0.25) is 18.2 Å². The second-order valence-electron chi connectivity index (χ2n) is 2.80. The molecule has 0 spiro atoms. The highest BCUT2D eigenvalue weighted by atomic mass is 16.1. The van der Waals surface area contributed by atoms with Gasteiger partial charge in [-0.25, -0.2) is 24.4 Å². The molecule has 0 aliphatic rings. The Morgan fingerprint density at radius 2 is 1.60 bits per heavy atom. The zero-order valence-corrected chi connectivity index (χ0v) is 8.34. The third-order valence-corrected chi connectivity index (χ3v) is 1.81. The summed E-state index contributed by atoms with van der Waals surface area (Å²) in [6.45, 7) is 1.88. The third-order valence-electron chi connectivity index (χ3n) is 1.81. The molecule has 0 N–H and O–H groups in total. The Morgan fingerprint density at radius 3 is 2.07 bits per heavy atom. The molecule has 0 aromatic heterocycles. The normalized spacial score (nSPS) is 12.6. The Kier molecular flexibility index (Phi) is 7.64. The topological polar surface area (TPSA) is 88.3 Å². The first-order valence-electron chi connectivity index (χ1n) is 4.47. The molecule has 0 aliphatic carbocycles. The van der Waals surface area contributed by atoms with Crippen molar-refractivity contribution in [3.05, 3.63) is 0 Å². The van der Waals surface area contributed by atoms with E-state index in [-0.39, 0.29) is 6.54 Å². The van der Waals surface area contributed by atoms with Gasteiger partial charge in [0.15, 0.2) is 0 Å². The molecule has 0 aromatic carbocycles. The van der Waals surface area contributed by atoms with Crippen LogP contribution in [-0.4, -0.2) is 36.9 Å². The van der Waals surface area contributed by atoms with Crippen LogP contribution in [0.15, 0.2) is 15.0 Å². The number of carbonyl (C=O) groups excluding carboxylic acids is 3. The standard InChI is InChI=1S/C9H11N3O3/c1-2-3-8(11-6-14)9(12-7-15)4-10-5-13/h8-9H,2-4H2,1H3.